The Hall–Kier alpha value is -5.76. The number of amides is 6. The van der Waals surface area contributed by atoms with Crippen LogP contribution in [-0.4, -0.2) is 69.8 Å². The normalized spacial score (nSPS) is 14.2. The summed E-state index contributed by atoms with van der Waals surface area (Å²) in [6.07, 6.45) is 5.12. The van der Waals surface area contributed by atoms with E-state index < -0.39 is 54.1 Å². The van der Waals surface area contributed by atoms with Crippen LogP contribution in [0.15, 0.2) is 60.9 Å². The summed E-state index contributed by atoms with van der Waals surface area (Å²) < 4.78 is 3.76. The van der Waals surface area contributed by atoms with Crippen molar-refractivity contribution >= 4 is 68.4 Å². The van der Waals surface area contributed by atoms with Gasteiger partial charge in [0.25, 0.3) is 11.8 Å². The first-order chi connectivity index (χ1) is 23.5. The number of aromatic nitrogens is 2. The zero-order chi connectivity index (χ0) is 35.2. The number of primary amides is 1. The van der Waals surface area contributed by atoms with Crippen LogP contribution in [0.4, 0.5) is 0 Å². The van der Waals surface area contributed by atoms with Crippen molar-refractivity contribution in [1.29, 1.82) is 0 Å². The van der Waals surface area contributed by atoms with Crippen LogP contribution < -0.4 is 32.7 Å². The largest absolute Gasteiger partial charge is 0.368 e. The smallest absolute Gasteiger partial charge is 0.259 e. The van der Waals surface area contributed by atoms with Gasteiger partial charge in [-0.1, -0.05) is 36.4 Å². The van der Waals surface area contributed by atoms with Gasteiger partial charge < -0.3 is 36.6 Å². The molecular formula is C35H40N8O6. The van der Waals surface area contributed by atoms with Crippen molar-refractivity contribution in [2.24, 2.45) is 18.5 Å². The lowest BCUT2D eigenvalue weighted by Gasteiger charge is -2.19. The second-order valence-electron chi connectivity index (χ2n) is 12.0. The van der Waals surface area contributed by atoms with E-state index in [9.17, 15) is 28.8 Å². The van der Waals surface area contributed by atoms with Gasteiger partial charge in [0.15, 0.2) is 0 Å². The molecule has 2 aromatic carbocycles. The average molecular weight is 669 g/mol. The van der Waals surface area contributed by atoms with E-state index in [0.717, 1.165) is 21.8 Å². The van der Waals surface area contributed by atoms with Crippen LogP contribution >= 0.6 is 0 Å². The number of rotatable bonds is 15. The fourth-order valence-electron chi connectivity index (χ4n) is 6.05. The van der Waals surface area contributed by atoms with Gasteiger partial charge in [0, 0.05) is 65.3 Å². The van der Waals surface area contributed by atoms with Crippen LogP contribution in [0.25, 0.3) is 33.0 Å². The van der Waals surface area contributed by atoms with E-state index in [1.807, 2.05) is 70.9 Å². The predicted molar refractivity (Wildman–Crippen MR) is 184 cm³/mol. The molecular weight excluding hydrogens is 628 g/mol. The van der Waals surface area contributed by atoms with Crippen molar-refractivity contribution in [2.45, 2.75) is 51.2 Å². The van der Waals surface area contributed by atoms with Gasteiger partial charge in [-0.25, -0.2) is 0 Å². The molecule has 8 N–H and O–H groups in total. The fraction of sp³-hybridized carbons (Fsp3) is 0.314. The van der Waals surface area contributed by atoms with Crippen LogP contribution in [-0.2, 0) is 42.4 Å². The molecule has 0 radical (unpaired) electrons. The molecule has 2 atom stereocenters. The molecule has 256 valence electrons. The van der Waals surface area contributed by atoms with E-state index in [-0.39, 0.29) is 24.1 Å². The van der Waals surface area contributed by atoms with Gasteiger partial charge in [0.1, 0.15) is 12.1 Å². The lowest BCUT2D eigenvalue weighted by Crippen LogP contribution is -2.51. The van der Waals surface area contributed by atoms with Crippen molar-refractivity contribution in [3.63, 3.8) is 0 Å². The Labute approximate surface area is 282 Å². The minimum Gasteiger partial charge on any atom is -0.368 e. The van der Waals surface area contributed by atoms with E-state index in [0.29, 0.717) is 36.9 Å². The van der Waals surface area contributed by atoms with Gasteiger partial charge >= 0.3 is 0 Å². The van der Waals surface area contributed by atoms with E-state index in [1.54, 1.807) is 6.20 Å². The van der Waals surface area contributed by atoms with E-state index in [4.69, 9.17) is 11.5 Å². The summed E-state index contributed by atoms with van der Waals surface area (Å²) >= 11 is 0. The quantitative estimate of drug-likeness (QED) is 0.0792. The number of carbonyl (C=O) groups excluding carboxylic acids is 6. The molecule has 14 heteroatoms. The summed E-state index contributed by atoms with van der Waals surface area (Å²) in [5.74, 6) is -3.24. The minimum absolute atomic E-state index is 0.00422. The first kappa shape index (κ1) is 34.6. The number of aryl methyl sites for hydroxylation is 2. The van der Waals surface area contributed by atoms with E-state index >= 15 is 0 Å². The number of nitrogens with zero attached hydrogens (tertiary/aromatic N) is 2. The van der Waals surface area contributed by atoms with Crippen molar-refractivity contribution in [3.8, 4) is 0 Å². The molecule has 0 saturated heterocycles. The first-order valence-electron chi connectivity index (χ1n) is 16.1. The van der Waals surface area contributed by atoms with Gasteiger partial charge in [0.2, 0.25) is 23.6 Å². The Kier molecular flexibility index (Phi) is 10.6. The van der Waals surface area contributed by atoms with Gasteiger partial charge in [-0.05, 0) is 44.9 Å². The molecule has 2 aromatic heterocycles. The summed E-state index contributed by atoms with van der Waals surface area (Å²) in [4.78, 5) is 76.1. The molecule has 1 aliphatic rings. The van der Waals surface area contributed by atoms with Crippen LogP contribution in [0.1, 0.15) is 43.7 Å². The molecule has 14 nitrogen and oxygen atoms in total. The minimum atomic E-state index is -0.918. The Morgan fingerprint density at radius 2 is 1.45 bits per heavy atom. The fourth-order valence-corrected chi connectivity index (χ4v) is 6.05. The van der Waals surface area contributed by atoms with Gasteiger partial charge in [-0.3, -0.25) is 34.1 Å². The topological polar surface area (TPSA) is 212 Å². The van der Waals surface area contributed by atoms with Crippen LogP contribution in [0.5, 0.6) is 0 Å². The molecule has 0 aliphatic carbocycles. The van der Waals surface area contributed by atoms with Crippen LogP contribution in [0, 0.1) is 0 Å². The zero-order valence-corrected chi connectivity index (χ0v) is 27.4. The molecule has 0 saturated carbocycles. The van der Waals surface area contributed by atoms with Gasteiger partial charge in [0.05, 0.1) is 17.7 Å². The average Bonchev–Trinajstić information content (AvgIpc) is 3.71. The number of nitrogens with one attached hydrogen (secondary N) is 4. The molecule has 0 unspecified atom stereocenters. The maximum atomic E-state index is 13.3. The standard InChI is InChI=1S/C35H40N8O6/c1-20(32(37)46)39-29(45)17-38-33(47)25(11-7-8-15-36)40-28(44)14-16-43-19-24(22-10-4-6-13-27(22)43)31-30(34(48)41-35(31)49)23-18-42(2)26-12-5-3-9-21(23)26/h3-6,9-10,12-13,18-20,25H,7-8,11,14-17,36H2,1-2H3,(H2,37,46)(H,38,47)(H,39,45)(H,40,44)(H,41,48,49)/t20-,25-/m0/s1. The highest BCUT2D eigenvalue weighted by Crippen LogP contribution is 2.38. The van der Waals surface area contributed by atoms with Crippen molar-refractivity contribution < 1.29 is 28.8 Å². The third-order valence-corrected chi connectivity index (χ3v) is 8.56. The maximum absolute atomic E-state index is 13.3. The monoisotopic (exact) mass is 668 g/mol. The van der Waals surface area contributed by atoms with Crippen molar-refractivity contribution in [2.75, 3.05) is 13.1 Å². The molecule has 4 aromatic rings. The molecule has 0 bridgehead atoms. The highest BCUT2D eigenvalue weighted by atomic mass is 16.2. The number of benzene rings is 2. The number of hydrogen-bond donors (Lipinski definition) is 6. The summed E-state index contributed by atoms with van der Waals surface area (Å²) in [7, 11) is 1.88. The molecule has 1 aliphatic heterocycles. The first-order valence-corrected chi connectivity index (χ1v) is 16.1. The molecule has 6 amide bonds. The number of nitrogens with two attached hydrogens (primary N) is 2. The summed E-state index contributed by atoms with van der Waals surface area (Å²) in [5.41, 5.74) is 14.2. The van der Waals surface area contributed by atoms with Crippen molar-refractivity contribution in [3.05, 3.63) is 72.1 Å². The zero-order valence-electron chi connectivity index (χ0n) is 27.4. The number of imide groups is 1. The van der Waals surface area contributed by atoms with Gasteiger partial charge in [-0.2, -0.15) is 0 Å². The lowest BCUT2D eigenvalue weighted by atomic mass is 9.95. The maximum Gasteiger partial charge on any atom is 0.259 e. The number of carbonyl (C=O) groups is 6. The van der Waals surface area contributed by atoms with Crippen LogP contribution in [0.3, 0.4) is 0 Å². The molecule has 5 rings (SSSR count). The summed E-state index contributed by atoms with van der Waals surface area (Å²) in [5, 5.41) is 11.7. The van der Waals surface area contributed by atoms with E-state index in [2.05, 4.69) is 21.3 Å². The molecule has 0 fully saturated rings. The predicted octanol–water partition coefficient (Wildman–Crippen LogP) is 0.810. The van der Waals surface area contributed by atoms with Crippen LogP contribution in [0.2, 0.25) is 0 Å². The lowest BCUT2D eigenvalue weighted by molar-refractivity contribution is -0.131. The number of fused-ring (bicyclic) bond motifs is 2. The SMILES string of the molecule is C[C@H](NC(=O)CNC(=O)[C@H](CCCCN)NC(=O)CCn1cc(C2=C(c3cn(C)c4ccccc34)C(=O)NC2=O)c2ccccc21)C(N)=O. The third kappa shape index (κ3) is 7.54. The Morgan fingerprint density at radius 1 is 0.837 bits per heavy atom. The molecule has 0 spiro atoms. The number of para-hydroxylation sites is 2. The van der Waals surface area contributed by atoms with Crippen molar-refractivity contribution in [1.82, 2.24) is 30.4 Å². The summed E-state index contributed by atoms with van der Waals surface area (Å²) in [6, 6.07) is 13.3. The Morgan fingerprint density at radius 3 is 2.10 bits per heavy atom. The highest BCUT2D eigenvalue weighted by Gasteiger charge is 2.35. The summed E-state index contributed by atoms with van der Waals surface area (Å²) in [6.45, 7) is 1.66. The number of unbranched alkanes of at least 4 members (excludes halogenated alkanes) is 1. The third-order valence-electron chi connectivity index (χ3n) is 8.56. The Bertz CT molecular complexity index is 1990. The van der Waals surface area contributed by atoms with E-state index in [1.165, 1.54) is 6.92 Å². The molecule has 3 heterocycles. The van der Waals surface area contributed by atoms with Gasteiger partial charge in [-0.15, -0.1) is 0 Å². The number of hydrogen-bond acceptors (Lipinski definition) is 7. The second kappa shape index (κ2) is 15.0. The molecule has 49 heavy (non-hydrogen) atoms. The highest BCUT2D eigenvalue weighted by molar-refractivity contribution is 6.50. The second-order valence-corrected chi connectivity index (χ2v) is 12.0. The Balaban J connectivity index is 1.36.